The number of pyridine rings is 5. The van der Waals surface area contributed by atoms with Crippen LogP contribution in [0.5, 0.6) is 0 Å². The van der Waals surface area contributed by atoms with Gasteiger partial charge in [-0.25, -0.2) is 0 Å². The first-order valence-corrected chi connectivity index (χ1v) is 47.6. The van der Waals surface area contributed by atoms with Crippen LogP contribution in [0.25, 0.3) is 151 Å². The van der Waals surface area contributed by atoms with Crippen molar-refractivity contribution in [2.24, 2.45) is 0 Å². The van der Waals surface area contributed by atoms with Crippen molar-refractivity contribution in [1.29, 1.82) is 0 Å². The molecule has 0 saturated carbocycles. The van der Waals surface area contributed by atoms with Crippen molar-refractivity contribution in [3.63, 3.8) is 0 Å². The van der Waals surface area contributed by atoms with E-state index in [1.807, 2.05) is 74.3 Å². The molecule has 19 rings (SSSR count). The molecule has 0 unspecified atom stereocenters. The number of unbranched alkanes of at least 4 members (excludes halogenated alkanes) is 7. The summed E-state index contributed by atoms with van der Waals surface area (Å²) in [4.78, 5) is 22.8. The molecule has 0 bridgehead atoms. The molecule has 6 nitrogen and oxygen atoms in total. The molecule has 0 atom stereocenters. The standard InChI is InChI=1S/C39H31N2.C24H26N.C23H24N.C22H22N.C19H16N.5Ir/c1-2-3-11-28-22-23-37(40-27-28)33-16-9-14-31(25-33)29-12-8-13-30(24-29)32-15-10-17-34(26-32)41-38-20-6-4-18-35(38)36-19-5-7-21-39(36)41;1-3-4-5-6-8-20-12-14-21(15-13-20)22-9-7-10-23(17-22)24-16-11-19(2)18-25-24;1-3-4-5-7-19-11-13-20(14-12-19)21-8-6-9-22(16-21)23-15-10-18(2)17-24-23;1-3-4-6-18-10-12-19(13-11-18)20-7-5-8-21(15-20)22-14-9-17(2)16-23-22;1-14-11-12-19(20-13-14)18-10-6-9-17(15(18)2)16-7-4-3-5-8-16;;;;;/h4-10,12-15,17-27H,2-3,11H2,1H3;7,9,11-18H,3-6,8H2,1-2H3;6,8,10-17H,3-5,7H2,1-2H3;5,7,9-16H,3-4,6H2,1-2H3;3-9,11-13H,1-2H3;;;;;/q5*-1;;;;;. The van der Waals surface area contributed by atoms with Gasteiger partial charge in [0.2, 0.25) is 0 Å². The molecule has 6 heterocycles. The Balaban J connectivity index is 0.000000181. The van der Waals surface area contributed by atoms with E-state index in [0.29, 0.717) is 0 Å². The van der Waals surface area contributed by atoms with Crippen LogP contribution in [-0.4, -0.2) is 29.5 Å². The maximum Gasteiger partial charge on any atom is 0.0541 e. The summed E-state index contributed by atoms with van der Waals surface area (Å²) in [5, 5.41) is 2.55. The summed E-state index contributed by atoms with van der Waals surface area (Å²) >= 11 is 0. The second-order valence-corrected chi connectivity index (χ2v) is 34.7. The van der Waals surface area contributed by atoms with Crippen molar-refractivity contribution in [2.75, 3.05) is 0 Å². The number of fused-ring (bicyclic) bond motifs is 3. The van der Waals surface area contributed by atoms with Gasteiger partial charge >= 0.3 is 0 Å². The van der Waals surface area contributed by atoms with Gasteiger partial charge in [0.1, 0.15) is 0 Å². The second kappa shape index (κ2) is 56.0. The smallest absolute Gasteiger partial charge is 0.0541 e. The van der Waals surface area contributed by atoms with Crippen LogP contribution in [0.4, 0.5) is 0 Å². The van der Waals surface area contributed by atoms with Gasteiger partial charge in [0.25, 0.3) is 0 Å². The fourth-order valence-electron chi connectivity index (χ4n) is 16.8. The van der Waals surface area contributed by atoms with Crippen LogP contribution in [0.15, 0.2) is 377 Å². The quantitative estimate of drug-likeness (QED) is 0.0379. The molecular formula is C127H119Ir5N6-5. The molecule has 0 aliphatic carbocycles. The normalized spacial score (nSPS) is 10.5. The molecule has 6 aromatic heterocycles. The minimum atomic E-state index is 0. The Hall–Kier alpha value is -11.3. The molecule has 13 aromatic carbocycles. The number of aryl methyl sites for hydroxylation is 8. The first-order valence-electron chi connectivity index (χ1n) is 47.6. The molecule has 0 fully saturated rings. The Bertz CT molecular complexity index is 6850. The first-order chi connectivity index (χ1) is 65.3. The van der Waals surface area contributed by atoms with Crippen molar-refractivity contribution in [2.45, 2.75) is 159 Å². The van der Waals surface area contributed by atoms with E-state index in [-0.39, 0.29) is 101 Å². The van der Waals surface area contributed by atoms with Crippen molar-refractivity contribution >= 4 is 21.8 Å². The fourth-order valence-corrected chi connectivity index (χ4v) is 16.8. The van der Waals surface area contributed by atoms with Crippen molar-refractivity contribution in [1.82, 2.24) is 29.5 Å². The van der Waals surface area contributed by atoms with Crippen molar-refractivity contribution < 1.29 is 101 Å². The molecule has 707 valence electrons. The number of aromatic nitrogens is 6. The topological polar surface area (TPSA) is 69.4 Å². The maximum atomic E-state index is 4.75. The zero-order valence-electron chi connectivity index (χ0n) is 80.3. The third kappa shape index (κ3) is 30.1. The molecule has 0 aliphatic rings. The van der Waals surface area contributed by atoms with Crippen LogP contribution in [0.3, 0.4) is 0 Å². The van der Waals surface area contributed by atoms with Gasteiger partial charge in [0.15, 0.2) is 0 Å². The van der Waals surface area contributed by atoms with Crippen LogP contribution in [0.2, 0.25) is 0 Å². The average Bonchev–Trinajstić information content (AvgIpc) is 1.60. The monoisotopic (exact) mass is 2690 g/mol. The van der Waals surface area contributed by atoms with Gasteiger partial charge in [-0.05, 0) is 221 Å². The van der Waals surface area contributed by atoms with E-state index < -0.39 is 0 Å². The number of hydrogen-bond donors (Lipinski definition) is 0. The largest absolute Gasteiger partial charge is 0.309 e. The number of para-hydroxylation sites is 2. The van der Waals surface area contributed by atoms with Gasteiger partial charge in [0.05, 0.1) is 11.0 Å². The summed E-state index contributed by atoms with van der Waals surface area (Å²) in [6.45, 7) is 19.3. The number of rotatable bonds is 27. The summed E-state index contributed by atoms with van der Waals surface area (Å²) in [5.74, 6) is 0. The molecule has 11 heteroatoms. The van der Waals surface area contributed by atoms with Gasteiger partial charge in [-0.1, -0.05) is 316 Å². The molecule has 0 N–H and O–H groups in total. The zero-order chi connectivity index (χ0) is 91.9. The van der Waals surface area contributed by atoms with Gasteiger partial charge in [-0.2, -0.15) is 0 Å². The van der Waals surface area contributed by atoms with Gasteiger partial charge in [-0.3, -0.25) is 0 Å². The van der Waals surface area contributed by atoms with Gasteiger partial charge in [-0.15, -0.1) is 171 Å². The van der Waals surface area contributed by atoms with E-state index in [1.165, 1.54) is 217 Å². The van der Waals surface area contributed by atoms with Crippen LogP contribution >= 0.6 is 0 Å². The van der Waals surface area contributed by atoms with E-state index in [1.54, 1.807) is 0 Å². The molecular weight excluding hydrogens is 2570 g/mol. The molecule has 0 saturated heterocycles. The second-order valence-electron chi connectivity index (χ2n) is 34.7. The molecule has 19 aromatic rings. The van der Waals surface area contributed by atoms with E-state index >= 15 is 0 Å². The van der Waals surface area contributed by atoms with Crippen LogP contribution in [0, 0.1) is 65.0 Å². The summed E-state index contributed by atoms with van der Waals surface area (Å²) < 4.78 is 2.37. The Kier molecular flexibility index (Phi) is 44.1. The summed E-state index contributed by atoms with van der Waals surface area (Å²) in [7, 11) is 0. The van der Waals surface area contributed by atoms with Gasteiger partial charge < -0.3 is 29.5 Å². The molecule has 138 heavy (non-hydrogen) atoms. The number of nitrogens with zero attached hydrogens (tertiary/aromatic N) is 6. The predicted molar refractivity (Wildman–Crippen MR) is 561 cm³/mol. The van der Waals surface area contributed by atoms with Gasteiger partial charge in [0, 0.05) is 148 Å². The minimum absolute atomic E-state index is 0. The summed E-state index contributed by atoms with van der Waals surface area (Å²) in [5.41, 5.74) is 39.7. The first kappa shape index (κ1) is 109. The number of hydrogen-bond acceptors (Lipinski definition) is 5. The average molecular weight is 2690 g/mol. The Morgan fingerprint density at radius 2 is 0.551 bits per heavy atom. The summed E-state index contributed by atoms with van der Waals surface area (Å²) in [6.07, 6.45) is 28.2. The van der Waals surface area contributed by atoms with Crippen LogP contribution in [0.1, 0.15) is 148 Å². The minimum Gasteiger partial charge on any atom is -0.309 e. The molecule has 0 amide bonds. The van der Waals surface area contributed by atoms with E-state index in [4.69, 9.17) is 4.98 Å². The van der Waals surface area contributed by atoms with Crippen LogP contribution < -0.4 is 0 Å². The molecule has 0 aliphatic heterocycles. The van der Waals surface area contributed by atoms with Crippen molar-refractivity contribution in [3.8, 4) is 129 Å². The zero-order valence-corrected chi connectivity index (χ0v) is 92.2. The predicted octanol–water partition coefficient (Wildman–Crippen LogP) is 33.9. The Morgan fingerprint density at radius 3 is 0.949 bits per heavy atom. The molecule has 0 spiro atoms. The Morgan fingerprint density at radius 1 is 0.232 bits per heavy atom. The van der Waals surface area contributed by atoms with E-state index in [9.17, 15) is 0 Å². The fraction of sp³-hybridized carbons (Fsp3) is 0.189. The number of benzene rings is 13. The molecule has 5 radical (unpaired) electrons. The maximum absolute atomic E-state index is 4.75. The Labute approximate surface area is 887 Å². The summed E-state index contributed by atoms with van der Waals surface area (Å²) in [6, 6.07) is 139. The van der Waals surface area contributed by atoms with Crippen molar-refractivity contribution in [3.05, 3.63) is 457 Å². The van der Waals surface area contributed by atoms with Crippen LogP contribution in [-0.2, 0) is 126 Å². The SMILES string of the molecule is CCCCCCc1ccc(-c2cc[c-]c(-c3ccc(C)cn3)c2)cc1.CCCCCc1ccc(-c2cc[c-]c(-c3ccc(C)cn3)c2)cc1.CCCCc1ccc(-c2[c-]ccc(-c3cccc(-c4cccc(-n5c6ccccc6c6ccccc65)c4)c3)c2)nc1.CCCCc1ccc(-c2cc[c-]c(-c3ccc(C)cn3)c2)cc1.Cc1ccc(-c2[c-]ccc(-c3ccccc3)c2C)nc1.[Ir].[Ir].[Ir].[Ir].[Ir]. The third-order valence-electron chi connectivity index (χ3n) is 24.5. The van der Waals surface area contributed by atoms with E-state index in [2.05, 4.69) is 420 Å². The van der Waals surface area contributed by atoms with E-state index in [0.717, 1.165) is 80.4 Å². The third-order valence-corrected chi connectivity index (χ3v) is 24.5.